The Morgan fingerprint density at radius 3 is 2.85 bits per heavy atom. The molecule has 0 atom stereocenters. The van der Waals surface area contributed by atoms with Crippen LogP contribution in [0.3, 0.4) is 0 Å². The van der Waals surface area contributed by atoms with E-state index in [1.165, 1.54) is 23.3 Å². The lowest BCUT2D eigenvalue weighted by Gasteiger charge is -2.21. The molecule has 6 nitrogen and oxygen atoms in total. The van der Waals surface area contributed by atoms with Gasteiger partial charge in [-0.05, 0) is 30.3 Å². The molecule has 0 saturated carbocycles. The summed E-state index contributed by atoms with van der Waals surface area (Å²) in [5.41, 5.74) is 9.65. The maximum Gasteiger partial charge on any atom is 0.132 e. The third-order valence-corrected chi connectivity index (χ3v) is 4.67. The van der Waals surface area contributed by atoms with Crippen molar-refractivity contribution in [3.63, 3.8) is 0 Å². The second-order valence-corrected chi connectivity index (χ2v) is 6.53. The van der Waals surface area contributed by atoms with Gasteiger partial charge in [0.1, 0.15) is 18.2 Å². The number of ether oxygens (including phenoxy) is 1. The van der Waals surface area contributed by atoms with E-state index in [2.05, 4.69) is 4.98 Å². The van der Waals surface area contributed by atoms with Gasteiger partial charge in [-0.1, -0.05) is 17.7 Å². The minimum atomic E-state index is -0.353. The number of imidazole rings is 1. The smallest absolute Gasteiger partial charge is 0.132 e. The number of nitrogens with two attached hydrogens (primary N) is 2. The number of nitrogens with zero attached hydrogens (tertiary/aromatic N) is 3. The number of fused-ring (bicyclic) bond motifs is 3. The Bertz CT molecular complexity index is 1030. The lowest BCUT2D eigenvalue weighted by atomic mass is 10.2. The highest BCUT2D eigenvalue weighted by atomic mass is 35.5. The van der Waals surface area contributed by atoms with Crippen LogP contribution in [0.15, 0.2) is 60.7 Å². The quantitative estimate of drug-likeness (QED) is 0.676. The summed E-state index contributed by atoms with van der Waals surface area (Å²) in [6.45, 7) is 0.192. The van der Waals surface area contributed by atoms with Crippen LogP contribution in [0.5, 0.6) is 5.75 Å². The number of hydrogen-bond acceptors (Lipinski definition) is 5. The second-order valence-electron chi connectivity index (χ2n) is 6.09. The summed E-state index contributed by atoms with van der Waals surface area (Å²) >= 11 is 6.14. The Labute approximate surface area is 160 Å². The number of anilines is 1. The molecule has 0 bridgehead atoms. The third-order valence-electron chi connectivity index (χ3n) is 4.43. The lowest BCUT2D eigenvalue weighted by molar-refractivity contribution is 0.299. The van der Waals surface area contributed by atoms with E-state index >= 15 is 0 Å². The van der Waals surface area contributed by atoms with Crippen LogP contribution in [0, 0.1) is 5.82 Å². The second kappa shape index (κ2) is 6.94. The van der Waals surface area contributed by atoms with E-state index in [1.54, 1.807) is 30.6 Å². The number of allylic oxidation sites excluding steroid dienone is 1. The van der Waals surface area contributed by atoms with E-state index in [9.17, 15) is 4.39 Å². The Hall–Kier alpha value is -3.03. The molecule has 27 heavy (non-hydrogen) atoms. The van der Waals surface area contributed by atoms with Crippen molar-refractivity contribution in [1.29, 1.82) is 0 Å². The van der Waals surface area contributed by atoms with Crippen LogP contribution in [0.1, 0.15) is 11.4 Å². The van der Waals surface area contributed by atoms with Gasteiger partial charge in [0.15, 0.2) is 0 Å². The van der Waals surface area contributed by atoms with Crippen LogP contribution in [-0.4, -0.2) is 9.55 Å². The average molecular weight is 386 g/mol. The number of halogens is 2. The van der Waals surface area contributed by atoms with Crippen molar-refractivity contribution in [1.82, 2.24) is 9.55 Å². The van der Waals surface area contributed by atoms with E-state index in [0.717, 1.165) is 17.1 Å². The van der Waals surface area contributed by atoms with Crippen LogP contribution >= 0.6 is 11.6 Å². The van der Waals surface area contributed by atoms with Crippen LogP contribution in [0.25, 0.3) is 5.69 Å². The number of rotatable bonds is 3. The van der Waals surface area contributed by atoms with Gasteiger partial charge in [0, 0.05) is 23.7 Å². The molecule has 0 saturated heterocycles. The van der Waals surface area contributed by atoms with Crippen molar-refractivity contribution in [2.24, 2.45) is 11.6 Å². The molecule has 1 aliphatic rings. The van der Waals surface area contributed by atoms with E-state index in [0.29, 0.717) is 28.6 Å². The highest BCUT2D eigenvalue weighted by Gasteiger charge is 2.24. The summed E-state index contributed by atoms with van der Waals surface area (Å²) in [5.74, 6) is 6.34. The van der Waals surface area contributed by atoms with Crippen molar-refractivity contribution < 1.29 is 9.13 Å². The monoisotopic (exact) mass is 385 g/mol. The average Bonchev–Trinajstić information content (AvgIpc) is 3.01. The first-order valence-electron chi connectivity index (χ1n) is 8.26. The minimum absolute atomic E-state index is 0.192. The zero-order chi connectivity index (χ0) is 19.0. The summed E-state index contributed by atoms with van der Waals surface area (Å²) in [6, 6.07) is 11.4. The fourth-order valence-corrected chi connectivity index (χ4v) is 3.24. The molecule has 0 unspecified atom stereocenters. The first-order chi connectivity index (χ1) is 13.1. The topological polar surface area (TPSA) is 82.3 Å². The first-order valence-corrected chi connectivity index (χ1v) is 8.63. The fourth-order valence-electron chi connectivity index (χ4n) is 3.08. The number of aromatic nitrogens is 2. The summed E-state index contributed by atoms with van der Waals surface area (Å²) < 4.78 is 21.0. The predicted octanol–water partition coefficient (Wildman–Crippen LogP) is 3.28. The lowest BCUT2D eigenvalue weighted by Crippen LogP contribution is -2.31. The summed E-state index contributed by atoms with van der Waals surface area (Å²) in [5, 5.41) is 2.09. The molecule has 0 radical (unpaired) electrons. The molecule has 2 heterocycles. The summed E-state index contributed by atoms with van der Waals surface area (Å²) in [7, 11) is 0. The van der Waals surface area contributed by atoms with Gasteiger partial charge in [-0.15, -0.1) is 0 Å². The maximum atomic E-state index is 13.3. The van der Waals surface area contributed by atoms with Gasteiger partial charge in [-0.25, -0.2) is 15.2 Å². The standard InChI is InChI=1S/C19H17ClFN5O/c20-12-4-5-17-19(6-12)26(23)14(9-22)8-18-16(24-11-25(17)18)10-27-15-3-1-2-13(21)7-15/h1-7,9,11H,8,10,22-23H2/b14-9-. The van der Waals surface area contributed by atoms with Crippen LogP contribution in [-0.2, 0) is 13.0 Å². The summed E-state index contributed by atoms with van der Waals surface area (Å²) in [6.07, 6.45) is 3.63. The molecular formula is C19H17ClFN5O. The molecule has 4 rings (SSSR count). The predicted molar refractivity (Wildman–Crippen MR) is 102 cm³/mol. The van der Waals surface area contributed by atoms with Gasteiger partial charge in [0.25, 0.3) is 0 Å². The first kappa shape index (κ1) is 17.4. The van der Waals surface area contributed by atoms with E-state index in [1.807, 2.05) is 10.6 Å². The molecule has 138 valence electrons. The van der Waals surface area contributed by atoms with Crippen molar-refractivity contribution in [3.05, 3.63) is 82.9 Å². The fraction of sp³-hybridized carbons (Fsp3) is 0.105. The molecule has 4 N–H and O–H groups in total. The maximum absolute atomic E-state index is 13.3. The van der Waals surface area contributed by atoms with Crippen molar-refractivity contribution in [3.8, 4) is 11.4 Å². The zero-order valence-corrected chi connectivity index (χ0v) is 15.0. The van der Waals surface area contributed by atoms with Crippen molar-refractivity contribution >= 4 is 17.3 Å². The Balaban J connectivity index is 1.73. The van der Waals surface area contributed by atoms with Gasteiger partial charge in [0.2, 0.25) is 0 Å². The van der Waals surface area contributed by atoms with Crippen LogP contribution in [0.4, 0.5) is 10.1 Å². The zero-order valence-electron chi connectivity index (χ0n) is 14.3. The number of hydrogen-bond donors (Lipinski definition) is 2. The highest BCUT2D eigenvalue weighted by Crippen LogP contribution is 2.34. The largest absolute Gasteiger partial charge is 0.487 e. The SMILES string of the molecule is N/C=C1/Cc2c(COc3cccc(F)c3)ncn2-c2ccc(Cl)cc2N1N. The Kier molecular flexibility index (Phi) is 4.47. The van der Waals surface area contributed by atoms with Gasteiger partial charge >= 0.3 is 0 Å². The molecule has 8 heteroatoms. The van der Waals surface area contributed by atoms with E-state index in [-0.39, 0.29) is 12.4 Å². The van der Waals surface area contributed by atoms with Gasteiger partial charge < -0.3 is 15.0 Å². The van der Waals surface area contributed by atoms with Gasteiger partial charge in [-0.3, -0.25) is 5.01 Å². The van der Waals surface area contributed by atoms with Gasteiger partial charge in [0.05, 0.1) is 34.8 Å². The Morgan fingerprint density at radius 1 is 1.22 bits per heavy atom. The highest BCUT2D eigenvalue weighted by molar-refractivity contribution is 6.31. The normalized spacial score (nSPS) is 14.6. The molecule has 1 aliphatic heterocycles. The molecule has 1 aromatic heterocycles. The van der Waals surface area contributed by atoms with Crippen molar-refractivity contribution in [2.45, 2.75) is 13.0 Å². The van der Waals surface area contributed by atoms with Crippen LogP contribution in [0.2, 0.25) is 5.02 Å². The van der Waals surface area contributed by atoms with Crippen molar-refractivity contribution in [2.75, 3.05) is 5.01 Å². The number of hydrazine groups is 1. The molecule has 3 aromatic rings. The molecule has 0 amide bonds. The third kappa shape index (κ3) is 3.22. The molecule has 2 aromatic carbocycles. The van der Waals surface area contributed by atoms with Crippen LogP contribution < -0.4 is 21.3 Å². The minimum Gasteiger partial charge on any atom is -0.487 e. The molecule has 0 fully saturated rings. The Morgan fingerprint density at radius 2 is 2.07 bits per heavy atom. The summed E-state index contributed by atoms with van der Waals surface area (Å²) in [4.78, 5) is 4.48. The van der Waals surface area contributed by atoms with E-state index < -0.39 is 0 Å². The van der Waals surface area contributed by atoms with E-state index in [4.69, 9.17) is 27.9 Å². The molecule has 0 aliphatic carbocycles. The van der Waals surface area contributed by atoms with Gasteiger partial charge in [-0.2, -0.15) is 0 Å². The molecule has 0 spiro atoms. The number of benzene rings is 2. The molecular weight excluding hydrogens is 369 g/mol.